The molecule has 0 bridgehead atoms. The Morgan fingerprint density at radius 3 is 2.17 bits per heavy atom. The van der Waals surface area contributed by atoms with Gasteiger partial charge in [-0.05, 0) is 66.3 Å². The molecule has 1 N–H and O–H groups in total. The minimum absolute atomic E-state index is 0.786. The van der Waals surface area contributed by atoms with Crippen molar-refractivity contribution in [1.29, 1.82) is 0 Å². The van der Waals surface area contributed by atoms with Gasteiger partial charge in [-0.3, -0.25) is 4.90 Å². The number of ether oxygens (including phenoxy) is 3. The summed E-state index contributed by atoms with van der Waals surface area (Å²) in [7, 11) is 1.71. The number of fused-ring (bicyclic) bond motifs is 2. The summed E-state index contributed by atoms with van der Waals surface area (Å²) < 4.78 is 16.9. The van der Waals surface area contributed by atoms with Crippen molar-refractivity contribution in [3.8, 4) is 17.2 Å². The Balaban J connectivity index is 0.000000197. The molecule has 5 nitrogen and oxygen atoms in total. The molecule has 3 aromatic rings. The van der Waals surface area contributed by atoms with Crippen LogP contribution in [-0.2, 0) is 32.7 Å². The van der Waals surface area contributed by atoms with E-state index in [4.69, 9.17) is 14.2 Å². The Labute approximate surface area is 216 Å². The average molecular weight is 489 g/mol. The third-order valence-corrected chi connectivity index (χ3v) is 6.72. The minimum atomic E-state index is 0.786. The highest BCUT2D eigenvalue weighted by Gasteiger charge is 2.22. The van der Waals surface area contributed by atoms with Crippen LogP contribution in [0, 0.1) is 6.92 Å². The van der Waals surface area contributed by atoms with Crippen LogP contribution in [0.15, 0.2) is 54.6 Å². The van der Waals surface area contributed by atoms with Gasteiger partial charge in [-0.25, -0.2) is 0 Å². The molecule has 192 valence electrons. The van der Waals surface area contributed by atoms with Gasteiger partial charge in [0, 0.05) is 43.9 Å². The second-order valence-corrected chi connectivity index (χ2v) is 9.53. The third-order valence-electron chi connectivity index (χ3n) is 6.72. The number of nitrogens with one attached hydrogen (secondary N) is 1. The van der Waals surface area contributed by atoms with Crippen molar-refractivity contribution in [3.63, 3.8) is 0 Å². The zero-order valence-corrected chi connectivity index (χ0v) is 22.2. The minimum Gasteiger partial charge on any atom is -0.497 e. The van der Waals surface area contributed by atoms with Crippen molar-refractivity contribution in [1.82, 2.24) is 10.2 Å². The van der Waals surface area contributed by atoms with E-state index in [0.29, 0.717) is 0 Å². The molecule has 5 rings (SSSR count). The summed E-state index contributed by atoms with van der Waals surface area (Å²) in [6.45, 7) is 12.9. The number of benzene rings is 3. The van der Waals surface area contributed by atoms with E-state index in [2.05, 4.69) is 79.5 Å². The van der Waals surface area contributed by atoms with Crippen molar-refractivity contribution in [3.05, 3.63) is 88.0 Å². The molecule has 2 aliphatic heterocycles. The van der Waals surface area contributed by atoms with Gasteiger partial charge in [-0.15, -0.1) is 0 Å². The summed E-state index contributed by atoms with van der Waals surface area (Å²) in [6, 6.07) is 19.0. The Kier molecular flexibility index (Phi) is 9.26. The molecule has 0 fully saturated rings. The van der Waals surface area contributed by atoms with E-state index in [9.17, 15) is 0 Å². The maximum atomic E-state index is 5.91. The van der Waals surface area contributed by atoms with E-state index in [1.54, 1.807) is 7.11 Å². The topological polar surface area (TPSA) is 43.0 Å². The van der Waals surface area contributed by atoms with Crippen molar-refractivity contribution in [2.45, 2.75) is 66.3 Å². The molecule has 3 aromatic carbocycles. The van der Waals surface area contributed by atoms with Crippen LogP contribution in [-0.4, -0.2) is 25.2 Å². The fraction of sp³-hybridized carbons (Fsp3) is 0.419. The number of hydrogen-bond acceptors (Lipinski definition) is 5. The molecule has 36 heavy (non-hydrogen) atoms. The summed E-state index contributed by atoms with van der Waals surface area (Å²) in [5.41, 5.74) is 8.11. The Morgan fingerprint density at radius 1 is 0.806 bits per heavy atom. The molecule has 2 aliphatic rings. The van der Waals surface area contributed by atoms with Gasteiger partial charge >= 0.3 is 0 Å². The fourth-order valence-corrected chi connectivity index (χ4v) is 4.78. The lowest BCUT2D eigenvalue weighted by molar-refractivity contribution is 0.268. The average Bonchev–Trinajstić information content (AvgIpc) is 3.55. The molecule has 0 spiro atoms. The van der Waals surface area contributed by atoms with Crippen molar-refractivity contribution in [2.24, 2.45) is 0 Å². The molecule has 0 saturated heterocycles. The monoisotopic (exact) mass is 488 g/mol. The fourth-order valence-electron chi connectivity index (χ4n) is 4.78. The molecular formula is C31H40N2O3. The lowest BCUT2D eigenvalue weighted by atomic mass is 10.1. The smallest absolute Gasteiger partial charge is 0.124 e. The SMILES string of the molecule is CCCOc1cccc2c1CN(Cc1ccc(OC)cc1C)C2.CCCOc1cccc2c1CNC2. The molecule has 0 radical (unpaired) electrons. The lowest BCUT2D eigenvalue weighted by Gasteiger charge is -2.17. The number of hydrogen-bond donors (Lipinski definition) is 1. The highest BCUT2D eigenvalue weighted by molar-refractivity contribution is 5.44. The van der Waals surface area contributed by atoms with Crippen molar-refractivity contribution < 1.29 is 14.2 Å². The molecule has 0 saturated carbocycles. The second kappa shape index (κ2) is 12.8. The first-order chi connectivity index (χ1) is 17.6. The van der Waals surface area contributed by atoms with Crippen LogP contribution < -0.4 is 19.5 Å². The normalized spacial score (nSPS) is 14.0. The predicted octanol–water partition coefficient (Wildman–Crippen LogP) is 6.39. The number of aryl methyl sites for hydroxylation is 1. The number of methoxy groups -OCH3 is 1. The molecule has 0 amide bonds. The standard InChI is InChI=1S/C20H25NO2.C11H15NO/c1-4-10-23-20-7-5-6-17-13-21(14-19(17)20)12-16-8-9-18(22-3)11-15(16)2;1-2-6-13-11-5-3-4-9-7-12-8-10(9)11/h5-9,11H,4,10,12-14H2,1-3H3;3-5,12H,2,6-8H2,1H3. The maximum Gasteiger partial charge on any atom is 0.124 e. The highest BCUT2D eigenvalue weighted by Crippen LogP contribution is 2.32. The van der Waals surface area contributed by atoms with E-state index in [0.717, 1.165) is 76.0 Å². The van der Waals surface area contributed by atoms with Crippen LogP contribution in [0.1, 0.15) is 60.1 Å². The summed E-state index contributed by atoms with van der Waals surface area (Å²) >= 11 is 0. The molecule has 5 heteroatoms. The third kappa shape index (κ3) is 6.40. The van der Waals surface area contributed by atoms with Crippen LogP contribution in [0.5, 0.6) is 17.2 Å². The quantitative estimate of drug-likeness (QED) is 0.378. The van der Waals surface area contributed by atoms with Crippen LogP contribution in [0.25, 0.3) is 0 Å². The summed E-state index contributed by atoms with van der Waals surface area (Å²) in [6.07, 6.45) is 2.11. The zero-order chi connectivity index (χ0) is 25.3. The molecule has 2 heterocycles. The van der Waals surface area contributed by atoms with E-state index < -0.39 is 0 Å². The Bertz CT molecular complexity index is 1140. The molecule has 0 aliphatic carbocycles. The molecule has 0 unspecified atom stereocenters. The van der Waals surface area contributed by atoms with Crippen molar-refractivity contribution in [2.75, 3.05) is 20.3 Å². The van der Waals surface area contributed by atoms with Gasteiger partial charge in [0.1, 0.15) is 17.2 Å². The van der Waals surface area contributed by atoms with Crippen LogP contribution in [0.3, 0.4) is 0 Å². The van der Waals surface area contributed by atoms with Gasteiger partial charge in [0.25, 0.3) is 0 Å². The molecule has 0 atom stereocenters. The van der Waals surface area contributed by atoms with Gasteiger partial charge in [-0.2, -0.15) is 0 Å². The van der Waals surface area contributed by atoms with E-state index in [-0.39, 0.29) is 0 Å². The largest absolute Gasteiger partial charge is 0.497 e. The summed E-state index contributed by atoms with van der Waals surface area (Å²) in [5, 5.41) is 3.32. The van der Waals surface area contributed by atoms with Gasteiger partial charge in [-0.1, -0.05) is 44.2 Å². The van der Waals surface area contributed by atoms with E-state index in [1.807, 2.05) is 6.07 Å². The van der Waals surface area contributed by atoms with Gasteiger partial charge < -0.3 is 19.5 Å². The van der Waals surface area contributed by atoms with Crippen LogP contribution >= 0.6 is 0 Å². The van der Waals surface area contributed by atoms with Crippen LogP contribution in [0.4, 0.5) is 0 Å². The second-order valence-electron chi connectivity index (χ2n) is 9.53. The van der Waals surface area contributed by atoms with Crippen molar-refractivity contribution >= 4 is 0 Å². The first-order valence-electron chi connectivity index (χ1n) is 13.2. The number of rotatable bonds is 9. The lowest BCUT2D eigenvalue weighted by Crippen LogP contribution is -2.16. The first-order valence-corrected chi connectivity index (χ1v) is 13.2. The molecular weight excluding hydrogens is 448 g/mol. The zero-order valence-electron chi connectivity index (χ0n) is 22.2. The Morgan fingerprint density at radius 2 is 1.50 bits per heavy atom. The van der Waals surface area contributed by atoms with Gasteiger partial charge in [0.15, 0.2) is 0 Å². The van der Waals surface area contributed by atoms with Gasteiger partial charge in [0.2, 0.25) is 0 Å². The van der Waals surface area contributed by atoms with Crippen LogP contribution in [0.2, 0.25) is 0 Å². The van der Waals surface area contributed by atoms with Gasteiger partial charge in [0.05, 0.1) is 20.3 Å². The Hall–Kier alpha value is -3.02. The first kappa shape index (κ1) is 26.1. The van der Waals surface area contributed by atoms with E-state index in [1.165, 1.54) is 33.4 Å². The summed E-state index contributed by atoms with van der Waals surface area (Å²) in [4.78, 5) is 2.47. The summed E-state index contributed by atoms with van der Waals surface area (Å²) in [5.74, 6) is 3.04. The predicted molar refractivity (Wildman–Crippen MR) is 146 cm³/mol. The maximum absolute atomic E-state index is 5.91. The molecule has 0 aromatic heterocycles. The number of nitrogens with zero attached hydrogens (tertiary/aromatic N) is 1. The highest BCUT2D eigenvalue weighted by atomic mass is 16.5. The van der Waals surface area contributed by atoms with E-state index >= 15 is 0 Å².